The Labute approximate surface area is 151 Å². The lowest BCUT2D eigenvalue weighted by Gasteiger charge is -2.27. The van der Waals surface area contributed by atoms with E-state index in [9.17, 15) is 4.79 Å². The molecule has 3 rings (SSSR count). The highest BCUT2D eigenvalue weighted by atomic mass is 16.1. The van der Waals surface area contributed by atoms with E-state index in [4.69, 9.17) is 0 Å². The third kappa shape index (κ3) is 5.71. The number of piperidine rings is 1. The molecule has 1 N–H and O–H groups in total. The molecule has 0 radical (unpaired) electrons. The lowest BCUT2D eigenvalue weighted by molar-refractivity contribution is -0.121. The van der Waals surface area contributed by atoms with E-state index in [-0.39, 0.29) is 5.91 Å². The van der Waals surface area contributed by atoms with E-state index < -0.39 is 0 Å². The Balaban J connectivity index is 1.49. The molecule has 0 atom stereocenters. The lowest BCUT2D eigenvalue weighted by atomic mass is 10.0. The number of rotatable bonds is 7. The van der Waals surface area contributed by atoms with Crippen LogP contribution >= 0.6 is 0 Å². The molecule has 3 nitrogen and oxygen atoms in total. The number of carbonyl (C=O) groups is 1. The van der Waals surface area contributed by atoms with Crippen molar-refractivity contribution in [3.8, 4) is 0 Å². The van der Waals surface area contributed by atoms with Gasteiger partial charge in [0.1, 0.15) is 0 Å². The van der Waals surface area contributed by atoms with Gasteiger partial charge in [0.25, 0.3) is 0 Å². The van der Waals surface area contributed by atoms with Crippen molar-refractivity contribution >= 4 is 5.91 Å². The highest BCUT2D eigenvalue weighted by Crippen LogP contribution is 2.16. The summed E-state index contributed by atoms with van der Waals surface area (Å²) in [5, 5.41) is 3.09. The van der Waals surface area contributed by atoms with Crippen LogP contribution in [0.1, 0.15) is 42.4 Å². The molecule has 2 aromatic rings. The van der Waals surface area contributed by atoms with E-state index in [1.807, 2.05) is 18.2 Å². The smallest absolute Gasteiger partial charge is 0.220 e. The predicted molar refractivity (Wildman–Crippen MR) is 102 cm³/mol. The predicted octanol–water partition coefficient (Wildman–Crippen LogP) is 3.92. The second kappa shape index (κ2) is 9.38. The van der Waals surface area contributed by atoms with E-state index >= 15 is 0 Å². The van der Waals surface area contributed by atoms with Crippen LogP contribution < -0.4 is 5.32 Å². The number of nitrogens with one attached hydrogen (secondary N) is 1. The normalized spacial score (nSPS) is 15.0. The van der Waals surface area contributed by atoms with Gasteiger partial charge in [-0.1, -0.05) is 61.0 Å². The Morgan fingerprint density at radius 1 is 0.880 bits per heavy atom. The number of carbonyl (C=O) groups excluding carboxylic acids is 1. The number of hydrogen-bond donors (Lipinski definition) is 1. The average molecular weight is 336 g/mol. The van der Waals surface area contributed by atoms with E-state index in [2.05, 4.69) is 46.6 Å². The van der Waals surface area contributed by atoms with Gasteiger partial charge in [-0.2, -0.15) is 0 Å². The van der Waals surface area contributed by atoms with Crippen LogP contribution in [0.25, 0.3) is 0 Å². The van der Waals surface area contributed by atoms with Crippen LogP contribution in [0.4, 0.5) is 0 Å². The molecule has 1 aliphatic rings. The van der Waals surface area contributed by atoms with Gasteiger partial charge in [-0.25, -0.2) is 0 Å². The summed E-state index contributed by atoms with van der Waals surface area (Å²) >= 11 is 0. The first-order chi connectivity index (χ1) is 12.3. The minimum atomic E-state index is 0.122. The Morgan fingerprint density at radius 2 is 1.56 bits per heavy atom. The van der Waals surface area contributed by atoms with Gasteiger partial charge >= 0.3 is 0 Å². The summed E-state index contributed by atoms with van der Waals surface area (Å²) in [6.45, 7) is 4.00. The zero-order chi connectivity index (χ0) is 17.3. The fourth-order valence-corrected chi connectivity index (χ4v) is 3.43. The summed E-state index contributed by atoms with van der Waals surface area (Å²) in [7, 11) is 0. The van der Waals surface area contributed by atoms with Crippen LogP contribution in [0.3, 0.4) is 0 Å². The fourth-order valence-electron chi connectivity index (χ4n) is 3.43. The van der Waals surface area contributed by atoms with Gasteiger partial charge in [-0.3, -0.25) is 9.69 Å². The SMILES string of the molecule is O=C(CCc1ccccc1)NCc1ccccc1CN1CCCCC1. The molecule has 1 amide bonds. The molecule has 25 heavy (non-hydrogen) atoms. The van der Waals surface area contributed by atoms with Gasteiger partial charge in [-0.05, 0) is 49.0 Å². The van der Waals surface area contributed by atoms with Crippen molar-refractivity contribution in [2.24, 2.45) is 0 Å². The molecule has 3 heteroatoms. The maximum Gasteiger partial charge on any atom is 0.220 e. The third-order valence-electron chi connectivity index (χ3n) is 4.92. The van der Waals surface area contributed by atoms with Crippen molar-refractivity contribution in [3.63, 3.8) is 0 Å². The van der Waals surface area contributed by atoms with Crippen LogP contribution in [0, 0.1) is 0 Å². The maximum absolute atomic E-state index is 12.2. The number of benzene rings is 2. The van der Waals surface area contributed by atoms with Crippen LogP contribution in [0.15, 0.2) is 54.6 Å². The number of amides is 1. The topological polar surface area (TPSA) is 32.3 Å². The molecule has 1 heterocycles. The monoisotopic (exact) mass is 336 g/mol. The van der Waals surface area contributed by atoms with Crippen LogP contribution in [0.2, 0.25) is 0 Å². The first kappa shape index (κ1) is 17.7. The molecule has 0 aromatic heterocycles. The van der Waals surface area contributed by atoms with Gasteiger partial charge in [0.05, 0.1) is 0 Å². The third-order valence-corrected chi connectivity index (χ3v) is 4.92. The summed E-state index contributed by atoms with van der Waals surface area (Å²) in [4.78, 5) is 14.7. The molecule has 2 aromatic carbocycles. The summed E-state index contributed by atoms with van der Waals surface area (Å²) in [5.41, 5.74) is 3.79. The van der Waals surface area contributed by atoms with Crippen LogP contribution in [0.5, 0.6) is 0 Å². The number of aryl methyl sites for hydroxylation is 1. The molecule has 1 aliphatic heterocycles. The minimum absolute atomic E-state index is 0.122. The second-order valence-electron chi connectivity index (χ2n) is 6.87. The van der Waals surface area contributed by atoms with E-state index in [1.165, 1.54) is 49.0 Å². The van der Waals surface area contributed by atoms with E-state index in [0.717, 1.165) is 13.0 Å². The van der Waals surface area contributed by atoms with Gasteiger partial charge in [0, 0.05) is 19.5 Å². The Morgan fingerprint density at radius 3 is 2.32 bits per heavy atom. The lowest BCUT2D eigenvalue weighted by Crippen LogP contribution is -2.30. The number of likely N-dealkylation sites (tertiary alicyclic amines) is 1. The summed E-state index contributed by atoms with van der Waals surface area (Å²) in [6, 6.07) is 18.7. The van der Waals surface area contributed by atoms with E-state index in [0.29, 0.717) is 13.0 Å². The Kier molecular flexibility index (Phi) is 6.63. The fraction of sp³-hybridized carbons (Fsp3) is 0.409. The highest BCUT2D eigenvalue weighted by Gasteiger charge is 2.12. The van der Waals surface area contributed by atoms with Crippen molar-refractivity contribution in [2.75, 3.05) is 13.1 Å². The molecule has 0 saturated carbocycles. The number of hydrogen-bond acceptors (Lipinski definition) is 2. The summed E-state index contributed by atoms with van der Waals surface area (Å²) < 4.78 is 0. The standard InChI is InChI=1S/C22H28N2O/c25-22(14-13-19-9-3-1-4-10-19)23-17-20-11-5-6-12-21(20)18-24-15-7-2-8-16-24/h1,3-6,9-12H,2,7-8,13-18H2,(H,23,25). The largest absolute Gasteiger partial charge is 0.352 e. The minimum Gasteiger partial charge on any atom is -0.352 e. The number of nitrogens with zero attached hydrogens (tertiary/aromatic N) is 1. The summed E-state index contributed by atoms with van der Waals surface area (Å²) in [6.07, 6.45) is 5.30. The maximum atomic E-state index is 12.2. The van der Waals surface area contributed by atoms with Crippen molar-refractivity contribution < 1.29 is 4.79 Å². The molecule has 132 valence electrons. The quantitative estimate of drug-likeness (QED) is 0.831. The molecule has 0 unspecified atom stereocenters. The van der Waals surface area contributed by atoms with Crippen molar-refractivity contribution in [1.29, 1.82) is 0 Å². The summed E-state index contributed by atoms with van der Waals surface area (Å²) in [5.74, 6) is 0.122. The van der Waals surface area contributed by atoms with Gasteiger partial charge < -0.3 is 5.32 Å². The zero-order valence-corrected chi connectivity index (χ0v) is 14.9. The van der Waals surface area contributed by atoms with Crippen LogP contribution in [-0.2, 0) is 24.3 Å². The molecular weight excluding hydrogens is 308 g/mol. The first-order valence-electron chi connectivity index (χ1n) is 9.41. The second-order valence-corrected chi connectivity index (χ2v) is 6.87. The van der Waals surface area contributed by atoms with Gasteiger partial charge in [-0.15, -0.1) is 0 Å². The van der Waals surface area contributed by atoms with Crippen molar-refractivity contribution in [1.82, 2.24) is 10.2 Å². The van der Waals surface area contributed by atoms with Gasteiger partial charge in [0.15, 0.2) is 0 Å². The Bertz CT molecular complexity index is 663. The van der Waals surface area contributed by atoms with Gasteiger partial charge in [0.2, 0.25) is 5.91 Å². The van der Waals surface area contributed by atoms with Crippen molar-refractivity contribution in [3.05, 3.63) is 71.3 Å². The highest BCUT2D eigenvalue weighted by molar-refractivity contribution is 5.76. The molecule has 0 bridgehead atoms. The molecule has 1 saturated heterocycles. The zero-order valence-electron chi connectivity index (χ0n) is 14.9. The molecule has 0 aliphatic carbocycles. The molecule has 1 fully saturated rings. The van der Waals surface area contributed by atoms with E-state index in [1.54, 1.807) is 0 Å². The molecule has 0 spiro atoms. The van der Waals surface area contributed by atoms with Crippen molar-refractivity contribution in [2.45, 2.75) is 45.2 Å². The van der Waals surface area contributed by atoms with Crippen LogP contribution in [-0.4, -0.2) is 23.9 Å². The molecular formula is C22H28N2O. The first-order valence-corrected chi connectivity index (χ1v) is 9.41. The average Bonchev–Trinajstić information content (AvgIpc) is 2.67. The Hall–Kier alpha value is -2.13.